The highest BCUT2D eigenvalue weighted by Crippen LogP contribution is 2.20. The molecule has 0 spiro atoms. The zero-order chi connectivity index (χ0) is 12.1. The summed E-state index contributed by atoms with van der Waals surface area (Å²) < 4.78 is 14.0. The third-order valence-corrected chi connectivity index (χ3v) is 2.10. The van der Waals surface area contributed by atoms with Crippen LogP contribution in [0.4, 0.5) is 4.79 Å². The van der Waals surface area contributed by atoms with Crippen molar-refractivity contribution in [1.82, 2.24) is 5.32 Å². The number of hydrogen-bond donors (Lipinski definition) is 1. The second-order valence-corrected chi connectivity index (χ2v) is 3.20. The van der Waals surface area contributed by atoms with E-state index in [0.717, 1.165) is 0 Å². The molecule has 15 heavy (non-hydrogen) atoms. The van der Waals surface area contributed by atoms with Gasteiger partial charge in [0.1, 0.15) is 0 Å². The average molecular weight is 219 g/mol. The maximum Gasteiger partial charge on any atom is 0.409 e. The van der Waals surface area contributed by atoms with Gasteiger partial charge in [0, 0.05) is 13.0 Å². The molecule has 0 fully saturated rings. The van der Waals surface area contributed by atoms with E-state index >= 15 is 0 Å². The number of rotatable bonds is 4. The third-order valence-electron chi connectivity index (χ3n) is 2.10. The van der Waals surface area contributed by atoms with Crippen LogP contribution in [0.3, 0.4) is 0 Å². The first-order valence-corrected chi connectivity index (χ1v) is 4.44. The molecule has 1 N–H and O–H groups in total. The highest BCUT2D eigenvalue weighted by molar-refractivity contribution is 5.84. The molecule has 0 saturated carbocycles. The lowest BCUT2D eigenvalue weighted by atomic mass is 9.99. The smallest absolute Gasteiger partial charge is 0.409 e. The van der Waals surface area contributed by atoms with Crippen LogP contribution in [0, 0.1) is 5.92 Å². The Labute approximate surface area is 88.9 Å². The summed E-state index contributed by atoms with van der Waals surface area (Å²) in [7, 11) is 3.73. The van der Waals surface area contributed by atoms with Gasteiger partial charge in [0.2, 0.25) is 5.72 Å². The van der Waals surface area contributed by atoms with Crippen molar-refractivity contribution in [2.45, 2.75) is 19.6 Å². The highest BCUT2D eigenvalue weighted by Gasteiger charge is 2.45. The second-order valence-electron chi connectivity index (χ2n) is 3.20. The Morgan fingerprint density at radius 3 is 1.93 bits per heavy atom. The Bertz CT molecular complexity index is 241. The lowest BCUT2D eigenvalue weighted by Gasteiger charge is -2.32. The predicted octanol–water partition coefficient (Wildman–Crippen LogP) is 0.514. The summed E-state index contributed by atoms with van der Waals surface area (Å²) in [5.41, 5.74) is -1.51. The van der Waals surface area contributed by atoms with E-state index in [-0.39, 0.29) is 5.92 Å². The SMILES string of the molecule is COC(=O)NC(OC)(C(=O)OC)C(C)C. The Morgan fingerprint density at radius 1 is 1.13 bits per heavy atom. The first-order chi connectivity index (χ1) is 6.94. The van der Waals surface area contributed by atoms with Gasteiger partial charge < -0.3 is 14.2 Å². The Balaban J connectivity index is 4.98. The van der Waals surface area contributed by atoms with E-state index < -0.39 is 17.8 Å². The topological polar surface area (TPSA) is 73.9 Å². The van der Waals surface area contributed by atoms with E-state index in [0.29, 0.717) is 0 Å². The number of hydrogen-bond acceptors (Lipinski definition) is 5. The lowest BCUT2D eigenvalue weighted by molar-refractivity contribution is -0.176. The van der Waals surface area contributed by atoms with Crippen LogP contribution in [0.2, 0.25) is 0 Å². The van der Waals surface area contributed by atoms with Crippen LogP contribution in [0.1, 0.15) is 13.8 Å². The number of carbonyl (C=O) groups excluding carboxylic acids is 2. The molecule has 1 atom stereocenters. The molecule has 88 valence electrons. The summed E-state index contributed by atoms with van der Waals surface area (Å²) in [5.74, 6) is -0.973. The second kappa shape index (κ2) is 5.55. The van der Waals surface area contributed by atoms with Crippen molar-refractivity contribution in [2.75, 3.05) is 21.3 Å². The van der Waals surface area contributed by atoms with Crippen molar-refractivity contribution in [3.63, 3.8) is 0 Å². The van der Waals surface area contributed by atoms with Crippen LogP contribution in [0.25, 0.3) is 0 Å². The number of esters is 1. The average Bonchev–Trinajstić information content (AvgIpc) is 2.23. The van der Waals surface area contributed by atoms with Crippen molar-refractivity contribution in [3.05, 3.63) is 0 Å². The number of ether oxygens (including phenoxy) is 3. The van der Waals surface area contributed by atoms with E-state index in [4.69, 9.17) is 4.74 Å². The molecule has 0 aromatic rings. The fraction of sp³-hybridized carbons (Fsp3) is 0.778. The predicted molar refractivity (Wildman–Crippen MR) is 52.1 cm³/mol. The highest BCUT2D eigenvalue weighted by atomic mass is 16.6. The van der Waals surface area contributed by atoms with Gasteiger partial charge in [0.25, 0.3) is 0 Å². The number of methoxy groups -OCH3 is 3. The van der Waals surface area contributed by atoms with Gasteiger partial charge >= 0.3 is 12.1 Å². The summed E-state index contributed by atoms with van der Waals surface area (Å²) in [6, 6.07) is 0. The van der Waals surface area contributed by atoms with Crippen molar-refractivity contribution >= 4 is 12.1 Å². The van der Waals surface area contributed by atoms with E-state index in [2.05, 4.69) is 14.8 Å². The summed E-state index contributed by atoms with van der Waals surface area (Å²) >= 11 is 0. The van der Waals surface area contributed by atoms with Crippen molar-refractivity contribution < 1.29 is 23.8 Å². The van der Waals surface area contributed by atoms with Gasteiger partial charge in [-0.1, -0.05) is 13.8 Å². The minimum absolute atomic E-state index is 0.297. The Morgan fingerprint density at radius 2 is 1.67 bits per heavy atom. The van der Waals surface area contributed by atoms with Gasteiger partial charge in [-0.25, -0.2) is 9.59 Å². The Kier molecular flexibility index (Phi) is 5.07. The molecule has 0 aliphatic heterocycles. The number of nitrogens with one attached hydrogen (secondary N) is 1. The number of carbonyl (C=O) groups is 2. The van der Waals surface area contributed by atoms with Crippen molar-refractivity contribution in [2.24, 2.45) is 5.92 Å². The lowest BCUT2D eigenvalue weighted by Crippen LogP contribution is -2.60. The molecule has 0 radical (unpaired) electrons. The quantitative estimate of drug-likeness (QED) is 0.551. The first-order valence-electron chi connectivity index (χ1n) is 4.44. The van der Waals surface area contributed by atoms with Gasteiger partial charge in [0.05, 0.1) is 14.2 Å². The molecule has 0 aromatic carbocycles. The summed E-state index contributed by atoms with van der Waals surface area (Å²) in [5, 5.41) is 2.32. The van der Waals surface area contributed by atoms with Crippen LogP contribution >= 0.6 is 0 Å². The molecule has 0 aliphatic carbocycles. The maximum absolute atomic E-state index is 11.5. The molecular weight excluding hydrogens is 202 g/mol. The third kappa shape index (κ3) is 2.82. The van der Waals surface area contributed by atoms with Crippen LogP contribution in [0.5, 0.6) is 0 Å². The standard InChI is InChI=1S/C9H17NO5/c1-6(2)9(15-5,7(11)13-3)10-8(12)14-4/h6H,1-5H3,(H,10,12). The first kappa shape index (κ1) is 13.7. The maximum atomic E-state index is 11.5. The van der Waals surface area contributed by atoms with Crippen LogP contribution in [0.15, 0.2) is 0 Å². The molecule has 0 aromatic heterocycles. The molecule has 6 heteroatoms. The molecule has 6 nitrogen and oxygen atoms in total. The molecule has 0 heterocycles. The fourth-order valence-electron chi connectivity index (χ4n) is 1.16. The van der Waals surface area contributed by atoms with Gasteiger partial charge in [-0.3, -0.25) is 5.32 Å². The molecule has 0 aliphatic rings. The van der Waals surface area contributed by atoms with Crippen LogP contribution < -0.4 is 5.32 Å². The van der Waals surface area contributed by atoms with Gasteiger partial charge in [-0.15, -0.1) is 0 Å². The largest absolute Gasteiger partial charge is 0.465 e. The summed E-state index contributed by atoms with van der Waals surface area (Å²) in [6.45, 7) is 3.44. The van der Waals surface area contributed by atoms with Gasteiger partial charge in [0.15, 0.2) is 0 Å². The zero-order valence-electron chi connectivity index (χ0n) is 9.62. The van der Waals surface area contributed by atoms with Gasteiger partial charge in [-0.05, 0) is 0 Å². The molecule has 1 unspecified atom stereocenters. The number of alkyl carbamates (subject to hydrolysis) is 1. The van der Waals surface area contributed by atoms with E-state index in [1.54, 1.807) is 13.8 Å². The van der Waals surface area contributed by atoms with Crippen LogP contribution in [-0.4, -0.2) is 39.1 Å². The molecule has 0 saturated heterocycles. The fourth-order valence-corrected chi connectivity index (χ4v) is 1.16. The van der Waals surface area contributed by atoms with E-state index in [1.807, 2.05) is 0 Å². The molecule has 1 amide bonds. The van der Waals surface area contributed by atoms with E-state index in [9.17, 15) is 9.59 Å². The monoisotopic (exact) mass is 219 g/mol. The zero-order valence-corrected chi connectivity index (χ0v) is 9.62. The minimum Gasteiger partial charge on any atom is -0.465 e. The molecule has 0 bridgehead atoms. The number of amides is 1. The van der Waals surface area contributed by atoms with Gasteiger partial charge in [-0.2, -0.15) is 0 Å². The van der Waals surface area contributed by atoms with Crippen molar-refractivity contribution in [1.29, 1.82) is 0 Å². The van der Waals surface area contributed by atoms with Crippen molar-refractivity contribution in [3.8, 4) is 0 Å². The summed E-state index contributed by atoms with van der Waals surface area (Å²) in [6.07, 6.45) is -0.754. The van der Waals surface area contributed by atoms with E-state index in [1.165, 1.54) is 21.3 Å². The normalized spacial score (nSPS) is 14.3. The minimum atomic E-state index is -1.51. The Hall–Kier alpha value is -1.30. The molecular formula is C9H17NO5. The van der Waals surface area contributed by atoms with Crippen LogP contribution in [-0.2, 0) is 19.0 Å². The summed E-state index contributed by atoms with van der Waals surface area (Å²) in [4.78, 5) is 22.6. The molecule has 0 rings (SSSR count).